The van der Waals surface area contributed by atoms with Crippen LogP contribution in [0.5, 0.6) is 0 Å². The maximum absolute atomic E-state index is 11.0. The Balaban J connectivity index is 3.11. The largest absolute Gasteiger partial charge is 0.356 e. The lowest BCUT2D eigenvalue weighted by Crippen LogP contribution is -2.23. The molecule has 3 heteroatoms. The summed E-state index contributed by atoms with van der Waals surface area (Å²) in [4.78, 5) is 21.8. The topological polar surface area (TPSA) is 46.2 Å². The fourth-order valence-electron chi connectivity index (χ4n) is 1.33. The van der Waals surface area contributed by atoms with Gasteiger partial charge in [0.2, 0.25) is 5.91 Å². The molecule has 0 spiro atoms. The van der Waals surface area contributed by atoms with Gasteiger partial charge in [-0.1, -0.05) is 26.7 Å². The molecule has 0 aromatic rings. The van der Waals surface area contributed by atoms with Gasteiger partial charge in [0.25, 0.3) is 0 Å². The van der Waals surface area contributed by atoms with E-state index in [1.54, 1.807) is 0 Å². The van der Waals surface area contributed by atoms with Gasteiger partial charge in [-0.3, -0.25) is 9.59 Å². The Bertz CT molecular complexity index is 170. The molecule has 3 nitrogen and oxygen atoms in total. The lowest BCUT2D eigenvalue weighted by molar-refractivity contribution is -0.121. The second-order valence-corrected chi connectivity index (χ2v) is 3.76. The zero-order valence-corrected chi connectivity index (χ0v) is 9.97. The number of carbonyl (C=O) groups excluding carboxylic acids is 2. The van der Waals surface area contributed by atoms with Gasteiger partial charge in [0.15, 0.2) is 0 Å². The number of ketones is 1. The molecule has 0 atom stereocenters. The number of carbonyl (C=O) groups is 2. The minimum Gasteiger partial charge on any atom is -0.356 e. The molecule has 0 aromatic carbocycles. The van der Waals surface area contributed by atoms with Crippen LogP contribution >= 0.6 is 0 Å². The summed E-state index contributed by atoms with van der Waals surface area (Å²) in [7, 11) is 0. The first-order chi connectivity index (χ1) is 7.20. The smallest absolute Gasteiger partial charge is 0.219 e. The molecule has 1 N–H and O–H groups in total. The summed E-state index contributed by atoms with van der Waals surface area (Å²) in [5, 5.41) is 2.84. The highest BCUT2D eigenvalue weighted by atomic mass is 16.1. The number of unbranched alkanes of at least 4 members (excludes halogenated alkanes) is 3. The Morgan fingerprint density at radius 1 is 0.933 bits per heavy atom. The fraction of sp³-hybridized carbons (Fsp3) is 0.833. The maximum Gasteiger partial charge on any atom is 0.219 e. The molecule has 0 rings (SSSR count). The molecule has 0 radical (unpaired) electrons. The second-order valence-electron chi connectivity index (χ2n) is 3.76. The van der Waals surface area contributed by atoms with Gasteiger partial charge in [-0.05, 0) is 12.8 Å². The molecular weight excluding hydrogens is 190 g/mol. The van der Waals surface area contributed by atoms with Crippen molar-refractivity contribution in [3.05, 3.63) is 0 Å². The van der Waals surface area contributed by atoms with Crippen LogP contribution in [-0.4, -0.2) is 18.2 Å². The number of hydrogen-bond donors (Lipinski definition) is 1. The molecule has 0 aromatic heterocycles. The number of rotatable bonds is 9. The highest BCUT2D eigenvalue weighted by molar-refractivity contribution is 5.77. The molecular formula is C12H23NO2. The van der Waals surface area contributed by atoms with Crippen LogP contribution < -0.4 is 5.32 Å². The molecule has 15 heavy (non-hydrogen) atoms. The first kappa shape index (κ1) is 14.1. The Morgan fingerprint density at radius 3 is 2.20 bits per heavy atom. The average Bonchev–Trinajstić information content (AvgIpc) is 2.26. The van der Waals surface area contributed by atoms with Gasteiger partial charge in [0.05, 0.1) is 0 Å². The minimum atomic E-state index is 0.121. The van der Waals surface area contributed by atoms with E-state index >= 15 is 0 Å². The van der Waals surface area contributed by atoms with E-state index in [9.17, 15) is 9.59 Å². The van der Waals surface area contributed by atoms with Crippen molar-refractivity contribution in [2.75, 3.05) is 6.54 Å². The van der Waals surface area contributed by atoms with Crippen LogP contribution in [0.2, 0.25) is 0 Å². The van der Waals surface area contributed by atoms with Crippen molar-refractivity contribution in [3.63, 3.8) is 0 Å². The highest BCUT2D eigenvalue weighted by Gasteiger charge is 1.98. The van der Waals surface area contributed by atoms with Gasteiger partial charge in [0, 0.05) is 25.8 Å². The summed E-state index contributed by atoms with van der Waals surface area (Å²) in [6.45, 7) is 4.53. The van der Waals surface area contributed by atoms with E-state index in [4.69, 9.17) is 0 Å². The molecule has 88 valence electrons. The lowest BCUT2D eigenvalue weighted by atomic mass is 10.1. The van der Waals surface area contributed by atoms with Crippen molar-refractivity contribution in [2.45, 2.75) is 58.8 Å². The predicted molar refractivity (Wildman–Crippen MR) is 61.7 cm³/mol. The SMILES string of the molecule is CCC(=O)CCCCCCNC(=O)CC. The van der Waals surface area contributed by atoms with Crippen molar-refractivity contribution >= 4 is 11.7 Å². The first-order valence-corrected chi connectivity index (χ1v) is 5.99. The number of Topliss-reactive ketones (excluding diaryl/α,β-unsaturated/α-hetero) is 1. The van der Waals surface area contributed by atoms with Gasteiger partial charge in [-0.15, -0.1) is 0 Å². The van der Waals surface area contributed by atoms with Crippen LogP contribution in [0.25, 0.3) is 0 Å². The maximum atomic E-state index is 11.0. The number of hydrogen-bond acceptors (Lipinski definition) is 2. The lowest BCUT2D eigenvalue weighted by Gasteiger charge is -2.03. The standard InChI is InChI=1S/C12H23NO2/c1-3-11(14)9-7-5-6-8-10-13-12(15)4-2/h3-10H2,1-2H3,(H,13,15). The van der Waals surface area contributed by atoms with E-state index in [1.165, 1.54) is 0 Å². The van der Waals surface area contributed by atoms with E-state index in [-0.39, 0.29) is 5.91 Å². The first-order valence-electron chi connectivity index (χ1n) is 5.99. The van der Waals surface area contributed by atoms with E-state index < -0.39 is 0 Å². The van der Waals surface area contributed by atoms with Gasteiger partial charge in [-0.25, -0.2) is 0 Å². The molecule has 0 bridgehead atoms. The monoisotopic (exact) mass is 213 g/mol. The second kappa shape index (κ2) is 9.69. The third kappa shape index (κ3) is 9.44. The van der Waals surface area contributed by atoms with Crippen molar-refractivity contribution in [1.82, 2.24) is 5.32 Å². The molecule has 0 saturated carbocycles. The summed E-state index contributed by atoms with van der Waals surface area (Å²) in [5.74, 6) is 0.477. The van der Waals surface area contributed by atoms with E-state index in [0.29, 0.717) is 18.6 Å². The van der Waals surface area contributed by atoms with Crippen LogP contribution in [0.4, 0.5) is 0 Å². The predicted octanol–water partition coefficient (Wildman–Crippen LogP) is 2.44. The van der Waals surface area contributed by atoms with Crippen molar-refractivity contribution in [2.24, 2.45) is 0 Å². The molecule has 0 aliphatic rings. The summed E-state index contributed by atoms with van der Waals surface area (Å²) in [5.41, 5.74) is 0. The van der Waals surface area contributed by atoms with E-state index in [2.05, 4.69) is 5.32 Å². The Hall–Kier alpha value is -0.860. The molecule has 0 fully saturated rings. The molecule has 0 aliphatic heterocycles. The summed E-state index contributed by atoms with van der Waals surface area (Å²) >= 11 is 0. The van der Waals surface area contributed by atoms with Crippen molar-refractivity contribution in [1.29, 1.82) is 0 Å². The number of amides is 1. The zero-order chi connectivity index (χ0) is 11.5. The third-order valence-corrected chi connectivity index (χ3v) is 2.42. The number of nitrogens with one attached hydrogen (secondary N) is 1. The third-order valence-electron chi connectivity index (χ3n) is 2.42. The van der Waals surface area contributed by atoms with Crippen molar-refractivity contribution in [3.8, 4) is 0 Å². The van der Waals surface area contributed by atoms with Crippen LogP contribution in [-0.2, 0) is 9.59 Å². The Labute approximate surface area is 92.6 Å². The van der Waals surface area contributed by atoms with Gasteiger partial charge >= 0.3 is 0 Å². The molecule has 0 heterocycles. The van der Waals surface area contributed by atoms with E-state index in [0.717, 1.165) is 38.6 Å². The molecule has 1 amide bonds. The van der Waals surface area contributed by atoms with Gasteiger partial charge < -0.3 is 5.32 Å². The van der Waals surface area contributed by atoms with Gasteiger partial charge in [0.1, 0.15) is 5.78 Å². The van der Waals surface area contributed by atoms with Gasteiger partial charge in [-0.2, -0.15) is 0 Å². The molecule has 0 aliphatic carbocycles. The quantitative estimate of drug-likeness (QED) is 0.598. The summed E-state index contributed by atoms with van der Waals surface area (Å²) < 4.78 is 0. The summed E-state index contributed by atoms with van der Waals surface area (Å²) in [6.07, 6.45) is 6.14. The van der Waals surface area contributed by atoms with Crippen molar-refractivity contribution < 1.29 is 9.59 Å². The van der Waals surface area contributed by atoms with Crippen LogP contribution in [0.3, 0.4) is 0 Å². The molecule has 0 saturated heterocycles. The van der Waals surface area contributed by atoms with Crippen LogP contribution in [0, 0.1) is 0 Å². The highest BCUT2D eigenvalue weighted by Crippen LogP contribution is 2.04. The normalized spacial score (nSPS) is 10.0. The Kier molecular flexibility index (Phi) is 9.13. The van der Waals surface area contributed by atoms with Crippen LogP contribution in [0.1, 0.15) is 58.8 Å². The summed E-state index contributed by atoms with van der Waals surface area (Å²) in [6, 6.07) is 0. The van der Waals surface area contributed by atoms with Crippen LogP contribution in [0.15, 0.2) is 0 Å². The average molecular weight is 213 g/mol. The Morgan fingerprint density at radius 2 is 1.60 bits per heavy atom. The molecule has 0 unspecified atom stereocenters. The zero-order valence-electron chi connectivity index (χ0n) is 9.97. The fourth-order valence-corrected chi connectivity index (χ4v) is 1.33. The minimum absolute atomic E-state index is 0.121. The van der Waals surface area contributed by atoms with E-state index in [1.807, 2.05) is 13.8 Å².